The third-order valence-corrected chi connectivity index (χ3v) is 4.51. The molecule has 0 aliphatic rings. The van der Waals surface area contributed by atoms with E-state index in [0.29, 0.717) is 5.56 Å². The Balaban J connectivity index is 1.94. The van der Waals surface area contributed by atoms with Crippen LogP contribution in [0.25, 0.3) is 0 Å². The molecular formula is C20H22ClF2N3O2. The van der Waals surface area contributed by atoms with Crippen LogP contribution < -0.4 is 10.6 Å². The van der Waals surface area contributed by atoms with Crippen LogP contribution >= 0.6 is 11.6 Å². The molecule has 0 aromatic heterocycles. The molecule has 0 saturated heterocycles. The molecule has 8 heteroatoms. The van der Waals surface area contributed by atoms with E-state index in [1.165, 1.54) is 30.3 Å². The Labute approximate surface area is 167 Å². The van der Waals surface area contributed by atoms with E-state index >= 15 is 0 Å². The summed E-state index contributed by atoms with van der Waals surface area (Å²) in [7, 11) is 3.28. The lowest BCUT2D eigenvalue weighted by atomic mass is 10.0. The molecule has 0 aliphatic heterocycles. The number of aryl methyl sites for hydroxylation is 1. The highest BCUT2D eigenvalue weighted by Crippen LogP contribution is 2.28. The van der Waals surface area contributed by atoms with E-state index in [0.717, 1.165) is 6.07 Å². The van der Waals surface area contributed by atoms with Gasteiger partial charge in [0, 0.05) is 29.2 Å². The van der Waals surface area contributed by atoms with Gasteiger partial charge in [-0.25, -0.2) is 8.78 Å². The third-order valence-electron chi connectivity index (χ3n) is 4.18. The smallest absolute Gasteiger partial charge is 0.251 e. The van der Waals surface area contributed by atoms with E-state index in [9.17, 15) is 18.4 Å². The van der Waals surface area contributed by atoms with Crippen LogP contribution in [0.4, 0.5) is 8.78 Å². The number of nitrogens with zero attached hydrogens (tertiary/aromatic N) is 1. The average molecular weight is 410 g/mol. The number of amides is 2. The number of carbonyl (C=O) groups excluding carboxylic acids is 2. The van der Waals surface area contributed by atoms with Crippen LogP contribution in [-0.4, -0.2) is 43.9 Å². The van der Waals surface area contributed by atoms with Crippen LogP contribution in [0.1, 0.15) is 27.5 Å². The molecule has 1 unspecified atom stereocenters. The minimum absolute atomic E-state index is 0.0887. The molecule has 1 atom stereocenters. The lowest BCUT2D eigenvalue weighted by molar-refractivity contribution is -0.125. The molecule has 2 aromatic rings. The summed E-state index contributed by atoms with van der Waals surface area (Å²) in [5, 5.41) is 5.40. The largest absolute Gasteiger partial charge is 0.353 e. The van der Waals surface area contributed by atoms with Crippen LogP contribution in [0.15, 0.2) is 36.4 Å². The monoisotopic (exact) mass is 409 g/mol. The molecule has 2 aromatic carbocycles. The molecule has 2 N–H and O–H groups in total. The first-order chi connectivity index (χ1) is 13.2. The second kappa shape index (κ2) is 9.61. The maximum Gasteiger partial charge on any atom is 0.251 e. The van der Waals surface area contributed by atoms with Gasteiger partial charge in [0.25, 0.3) is 5.91 Å². The van der Waals surface area contributed by atoms with Crippen molar-refractivity contribution in [2.45, 2.75) is 13.0 Å². The van der Waals surface area contributed by atoms with Gasteiger partial charge >= 0.3 is 0 Å². The highest BCUT2D eigenvalue weighted by Gasteiger charge is 2.27. The summed E-state index contributed by atoms with van der Waals surface area (Å²) in [6, 6.07) is 7.51. The molecule has 2 amide bonds. The van der Waals surface area contributed by atoms with Gasteiger partial charge in [0.05, 0.1) is 0 Å². The summed E-state index contributed by atoms with van der Waals surface area (Å²) in [5.41, 5.74) is 0.731. The van der Waals surface area contributed by atoms with Crippen LogP contribution in [0.3, 0.4) is 0 Å². The number of hydrogen-bond donors (Lipinski definition) is 2. The summed E-state index contributed by atoms with van der Waals surface area (Å²) in [6.07, 6.45) is 0. The quantitative estimate of drug-likeness (QED) is 0.691. The Bertz CT molecular complexity index is 854. The maximum atomic E-state index is 14.2. The Morgan fingerprint density at radius 2 is 1.75 bits per heavy atom. The third kappa shape index (κ3) is 5.27. The molecule has 5 nitrogen and oxygen atoms in total. The molecule has 0 aliphatic carbocycles. The molecule has 0 radical (unpaired) electrons. The van der Waals surface area contributed by atoms with E-state index in [4.69, 9.17) is 11.6 Å². The number of carbonyl (C=O) groups is 2. The number of rotatable bonds is 7. The van der Waals surface area contributed by atoms with E-state index in [1.807, 2.05) is 0 Å². The molecule has 0 bridgehead atoms. The van der Waals surface area contributed by atoms with Crippen molar-refractivity contribution in [3.63, 3.8) is 0 Å². The number of nitrogens with one attached hydrogen (secondary N) is 2. The van der Waals surface area contributed by atoms with Gasteiger partial charge in [-0.05, 0) is 50.8 Å². The molecular weight excluding hydrogens is 388 g/mol. The van der Waals surface area contributed by atoms with Crippen LogP contribution in [0.2, 0.25) is 5.02 Å². The Kier molecular flexibility index (Phi) is 7.48. The summed E-state index contributed by atoms with van der Waals surface area (Å²) >= 11 is 6.07. The van der Waals surface area contributed by atoms with Gasteiger partial charge in [-0.1, -0.05) is 23.7 Å². The number of hydrogen-bond acceptors (Lipinski definition) is 3. The van der Waals surface area contributed by atoms with Gasteiger partial charge in [-0.15, -0.1) is 0 Å². The lowest BCUT2D eigenvalue weighted by Crippen LogP contribution is -2.41. The summed E-state index contributed by atoms with van der Waals surface area (Å²) < 4.78 is 27.7. The SMILES string of the molecule is Cc1ccc(C(=O)NCCNC(=O)C(c2c(F)cccc2Cl)N(C)C)cc1F. The topological polar surface area (TPSA) is 61.4 Å². The number of benzene rings is 2. The van der Waals surface area contributed by atoms with E-state index in [1.54, 1.807) is 25.9 Å². The zero-order valence-corrected chi connectivity index (χ0v) is 16.6. The zero-order chi connectivity index (χ0) is 20.8. The molecule has 2 rings (SSSR count). The van der Waals surface area contributed by atoms with Gasteiger partial charge in [0.2, 0.25) is 5.91 Å². The summed E-state index contributed by atoms with van der Waals surface area (Å²) in [4.78, 5) is 26.1. The number of likely N-dealkylation sites (N-methyl/N-ethyl adjacent to an activating group) is 1. The molecule has 0 spiro atoms. The van der Waals surface area contributed by atoms with Crippen molar-refractivity contribution in [1.82, 2.24) is 15.5 Å². The second-order valence-electron chi connectivity index (χ2n) is 6.51. The first-order valence-electron chi connectivity index (χ1n) is 8.64. The minimum Gasteiger partial charge on any atom is -0.353 e. The van der Waals surface area contributed by atoms with Gasteiger partial charge in [-0.3, -0.25) is 14.5 Å². The Morgan fingerprint density at radius 3 is 2.36 bits per heavy atom. The first kappa shape index (κ1) is 21.8. The highest BCUT2D eigenvalue weighted by atomic mass is 35.5. The molecule has 0 fully saturated rings. The van der Waals surface area contributed by atoms with Gasteiger partial charge < -0.3 is 10.6 Å². The van der Waals surface area contributed by atoms with Gasteiger partial charge in [-0.2, -0.15) is 0 Å². The van der Waals surface area contributed by atoms with Crippen molar-refractivity contribution in [1.29, 1.82) is 0 Å². The van der Waals surface area contributed by atoms with Crippen molar-refractivity contribution in [2.75, 3.05) is 27.2 Å². The minimum atomic E-state index is -0.921. The fourth-order valence-corrected chi connectivity index (χ4v) is 2.96. The van der Waals surface area contributed by atoms with Crippen LogP contribution in [-0.2, 0) is 4.79 Å². The van der Waals surface area contributed by atoms with Crippen LogP contribution in [0.5, 0.6) is 0 Å². The predicted molar refractivity (Wildman–Crippen MR) is 104 cm³/mol. The number of halogens is 3. The van der Waals surface area contributed by atoms with E-state index < -0.39 is 29.5 Å². The Morgan fingerprint density at radius 1 is 1.07 bits per heavy atom. The Hall–Kier alpha value is -2.51. The van der Waals surface area contributed by atoms with Crippen LogP contribution in [0, 0.1) is 18.6 Å². The van der Waals surface area contributed by atoms with Crippen molar-refractivity contribution < 1.29 is 18.4 Å². The normalized spacial score (nSPS) is 12.0. The van der Waals surface area contributed by atoms with E-state index in [2.05, 4.69) is 10.6 Å². The molecule has 0 heterocycles. The molecule has 0 saturated carbocycles. The van der Waals surface area contributed by atoms with Crippen molar-refractivity contribution in [2.24, 2.45) is 0 Å². The molecule has 150 valence electrons. The van der Waals surface area contributed by atoms with E-state index in [-0.39, 0.29) is 29.2 Å². The lowest BCUT2D eigenvalue weighted by Gasteiger charge is -2.25. The second-order valence-corrected chi connectivity index (χ2v) is 6.92. The standard InChI is InChI=1S/C20H22ClF2N3O2/c1-12-7-8-13(11-16(12)23)19(27)24-9-10-25-20(28)18(26(2)3)17-14(21)5-4-6-15(17)22/h4-8,11,18H,9-10H2,1-3H3,(H,24,27)(H,25,28). The predicted octanol–water partition coefficient (Wildman–Crippen LogP) is 3.08. The highest BCUT2D eigenvalue weighted by molar-refractivity contribution is 6.31. The van der Waals surface area contributed by atoms with Crippen molar-refractivity contribution >= 4 is 23.4 Å². The average Bonchev–Trinajstić information content (AvgIpc) is 2.63. The van der Waals surface area contributed by atoms with Crippen molar-refractivity contribution in [3.8, 4) is 0 Å². The maximum absolute atomic E-state index is 14.2. The summed E-state index contributed by atoms with van der Waals surface area (Å²) in [6.45, 7) is 1.86. The van der Waals surface area contributed by atoms with Gasteiger partial charge in [0.15, 0.2) is 0 Å². The zero-order valence-electron chi connectivity index (χ0n) is 15.9. The fraction of sp³-hybridized carbons (Fsp3) is 0.300. The van der Waals surface area contributed by atoms with Crippen molar-refractivity contribution in [3.05, 3.63) is 69.7 Å². The summed E-state index contributed by atoms with van der Waals surface area (Å²) in [5.74, 6) is -1.94. The fourth-order valence-electron chi connectivity index (χ4n) is 2.69. The first-order valence-corrected chi connectivity index (χ1v) is 9.02. The molecule has 28 heavy (non-hydrogen) atoms. The van der Waals surface area contributed by atoms with Gasteiger partial charge in [0.1, 0.15) is 17.7 Å².